The largest absolute Gasteiger partial charge is 0.480 e. The van der Waals surface area contributed by atoms with Crippen LogP contribution in [0.2, 0.25) is 0 Å². The van der Waals surface area contributed by atoms with Crippen LogP contribution in [0.1, 0.15) is 61.8 Å². The second-order valence-corrected chi connectivity index (χ2v) is 9.68. The van der Waals surface area contributed by atoms with Gasteiger partial charge < -0.3 is 20.5 Å². The Bertz CT molecular complexity index is 749. The first-order valence-corrected chi connectivity index (χ1v) is 10.4. The van der Waals surface area contributed by atoms with E-state index in [1.807, 2.05) is 13.8 Å². The summed E-state index contributed by atoms with van der Waals surface area (Å²) in [5.74, 6) is -1.28. The Balaban J connectivity index is 2.26. The molecule has 0 aliphatic heterocycles. The highest BCUT2D eigenvalue weighted by Gasteiger charge is 2.34. The molecule has 156 valence electrons. The maximum atomic E-state index is 12.8. The van der Waals surface area contributed by atoms with E-state index in [2.05, 4.69) is 31.4 Å². The SMILES string of the molecule is CC(C)NC(=O)c1c(NC(=O)COCC(=O)O)sc2c1CCC(C(C)(C)C)C2. The van der Waals surface area contributed by atoms with Crippen LogP contribution in [0.25, 0.3) is 0 Å². The summed E-state index contributed by atoms with van der Waals surface area (Å²) in [6.45, 7) is 9.56. The molecule has 1 atom stereocenters. The van der Waals surface area contributed by atoms with Gasteiger partial charge in [0.15, 0.2) is 0 Å². The number of amides is 2. The molecule has 1 aliphatic carbocycles. The zero-order valence-corrected chi connectivity index (χ0v) is 18.0. The van der Waals surface area contributed by atoms with Gasteiger partial charge >= 0.3 is 5.97 Å². The molecule has 3 N–H and O–H groups in total. The Morgan fingerprint density at radius 1 is 1.25 bits per heavy atom. The molecule has 0 bridgehead atoms. The van der Waals surface area contributed by atoms with Gasteiger partial charge in [-0.3, -0.25) is 9.59 Å². The Hall–Kier alpha value is -1.93. The first-order valence-electron chi connectivity index (χ1n) is 9.53. The van der Waals surface area contributed by atoms with E-state index < -0.39 is 18.5 Å². The van der Waals surface area contributed by atoms with Gasteiger partial charge in [0.2, 0.25) is 0 Å². The number of anilines is 1. The summed E-state index contributed by atoms with van der Waals surface area (Å²) in [5, 5.41) is 14.8. The molecule has 1 aromatic rings. The van der Waals surface area contributed by atoms with Crippen molar-refractivity contribution in [3.8, 4) is 0 Å². The second-order valence-electron chi connectivity index (χ2n) is 8.58. The highest BCUT2D eigenvalue weighted by Crippen LogP contribution is 2.44. The fourth-order valence-corrected chi connectivity index (χ4v) is 4.72. The van der Waals surface area contributed by atoms with Crippen molar-refractivity contribution in [2.24, 2.45) is 11.3 Å². The van der Waals surface area contributed by atoms with Crippen LogP contribution in [0.3, 0.4) is 0 Å². The van der Waals surface area contributed by atoms with Crippen molar-refractivity contribution in [2.75, 3.05) is 18.5 Å². The summed E-state index contributed by atoms with van der Waals surface area (Å²) in [4.78, 5) is 36.6. The normalized spacial score (nSPS) is 16.6. The third kappa shape index (κ3) is 5.78. The second kappa shape index (κ2) is 9.05. The number of thiophene rings is 1. The Labute approximate surface area is 169 Å². The number of aliphatic carboxylic acids is 1. The number of hydrogen-bond donors (Lipinski definition) is 3. The van der Waals surface area contributed by atoms with Crippen LogP contribution in [0, 0.1) is 11.3 Å². The van der Waals surface area contributed by atoms with E-state index in [-0.39, 0.29) is 24.0 Å². The Morgan fingerprint density at radius 3 is 2.50 bits per heavy atom. The predicted octanol–water partition coefficient (Wildman–Crippen LogP) is 3.08. The molecule has 1 heterocycles. The molecular formula is C20H30N2O5S. The molecule has 7 nitrogen and oxygen atoms in total. The number of carboxylic acid groups (broad SMARTS) is 1. The van der Waals surface area contributed by atoms with Crippen molar-refractivity contribution in [1.29, 1.82) is 0 Å². The van der Waals surface area contributed by atoms with Crippen molar-refractivity contribution < 1.29 is 24.2 Å². The van der Waals surface area contributed by atoms with Gasteiger partial charge in [0.05, 0.1) is 5.56 Å². The lowest BCUT2D eigenvalue weighted by molar-refractivity contribution is -0.143. The number of nitrogens with one attached hydrogen (secondary N) is 2. The van der Waals surface area contributed by atoms with Crippen LogP contribution in [0.15, 0.2) is 0 Å². The van der Waals surface area contributed by atoms with Gasteiger partial charge in [-0.1, -0.05) is 20.8 Å². The zero-order valence-electron chi connectivity index (χ0n) is 17.2. The molecule has 2 rings (SSSR count). The maximum Gasteiger partial charge on any atom is 0.329 e. The third-order valence-corrected chi connectivity index (χ3v) is 6.02. The molecule has 1 unspecified atom stereocenters. The van der Waals surface area contributed by atoms with Crippen LogP contribution < -0.4 is 10.6 Å². The van der Waals surface area contributed by atoms with E-state index in [9.17, 15) is 14.4 Å². The van der Waals surface area contributed by atoms with E-state index in [4.69, 9.17) is 9.84 Å². The van der Waals surface area contributed by atoms with Gasteiger partial charge in [-0.15, -0.1) is 11.3 Å². The summed E-state index contributed by atoms with van der Waals surface area (Å²) >= 11 is 1.44. The summed E-state index contributed by atoms with van der Waals surface area (Å²) in [5.41, 5.74) is 1.73. The first-order chi connectivity index (χ1) is 13.0. The smallest absolute Gasteiger partial charge is 0.329 e. The lowest BCUT2D eigenvalue weighted by Gasteiger charge is -2.33. The van der Waals surface area contributed by atoms with Crippen molar-refractivity contribution >= 4 is 34.1 Å². The van der Waals surface area contributed by atoms with E-state index in [1.54, 1.807) is 0 Å². The minimum absolute atomic E-state index is 0.0172. The minimum atomic E-state index is -1.13. The van der Waals surface area contributed by atoms with Crippen molar-refractivity contribution in [3.05, 3.63) is 16.0 Å². The minimum Gasteiger partial charge on any atom is -0.480 e. The fourth-order valence-electron chi connectivity index (χ4n) is 3.38. The van der Waals surface area contributed by atoms with E-state index in [0.29, 0.717) is 16.5 Å². The van der Waals surface area contributed by atoms with E-state index in [0.717, 1.165) is 29.7 Å². The lowest BCUT2D eigenvalue weighted by Crippen LogP contribution is -2.32. The first kappa shape index (κ1) is 22.4. The van der Waals surface area contributed by atoms with Crippen LogP contribution in [-0.2, 0) is 27.2 Å². The van der Waals surface area contributed by atoms with Crippen LogP contribution >= 0.6 is 11.3 Å². The quantitative estimate of drug-likeness (QED) is 0.641. The molecule has 0 radical (unpaired) electrons. The van der Waals surface area contributed by atoms with Gasteiger partial charge in [-0.2, -0.15) is 0 Å². The lowest BCUT2D eigenvalue weighted by atomic mass is 9.72. The number of carbonyl (C=O) groups is 3. The van der Waals surface area contributed by atoms with E-state index >= 15 is 0 Å². The molecular weight excluding hydrogens is 380 g/mol. The zero-order chi connectivity index (χ0) is 21.1. The van der Waals surface area contributed by atoms with Gasteiger partial charge in [-0.05, 0) is 50.0 Å². The molecule has 0 spiro atoms. The number of rotatable bonds is 7. The number of ether oxygens (including phenoxy) is 1. The number of fused-ring (bicyclic) bond motifs is 1. The standard InChI is InChI=1S/C20H30N2O5S/c1-11(2)21-18(26)17-13-7-6-12(20(3,4)5)8-14(13)28-19(17)22-15(23)9-27-10-16(24)25/h11-12H,6-10H2,1-5H3,(H,21,26)(H,22,23)(H,24,25). The molecule has 28 heavy (non-hydrogen) atoms. The molecule has 0 saturated carbocycles. The monoisotopic (exact) mass is 410 g/mol. The Kier molecular flexibility index (Phi) is 7.22. The van der Waals surface area contributed by atoms with Crippen molar-refractivity contribution in [3.63, 3.8) is 0 Å². The summed E-state index contributed by atoms with van der Waals surface area (Å²) in [7, 11) is 0. The number of hydrogen-bond acceptors (Lipinski definition) is 5. The van der Waals surface area contributed by atoms with Crippen LogP contribution in [-0.4, -0.2) is 42.1 Å². The van der Waals surface area contributed by atoms with E-state index in [1.165, 1.54) is 11.3 Å². The van der Waals surface area contributed by atoms with Crippen LogP contribution in [0.4, 0.5) is 5.00 Å². The number of carbonyl (C=O) groups excluding carboxylic acids is 2. The summed E-state index contributed by atoms with van der Waals surface area (Å²) in [6.07, 6.45) is 2.70. The summed E-state index contributed by atoms with van der Waals surface area (Å²) in [6, 6.07) is -0.0172. The highest BCUT2D eigenvalue weighted by atomic mass is 32.1. The van der Waals surface area contributed by atoms with Crippen LogP contribution in [0.5, 0.6) is 0 Å². The average molecular weight is 411 g/mol. The van der Waals surface area contributed by atoms with Gasteiger partial charge in [0.1, 0.15) is 18.2 Å². The molecule has 2 amide bonds. The molecule has 0 aromatic carbocycles. The van der Waals surface area contributed by atoms with Crippen molar-refractivity contribution in [2.45, 2.75) is 59.9 Å². The molecule has 0 saturated heterocycles. The third-order valence-electron chi connectivity index (χ3n) is 4.85. The maximum absolute atomic E-state index is 12.8. The van der Waals surface area contributed by atoms with Gasteiger partial charge in [0, 0.05) is 10.9 Å². The molecule has 0 fully saturated rings. The number of carboxylic acids is 1. The predicted molar refractivity (Wildman–Crippen MR) is 109 cm³/mol. The molecule has 8 heteroatoms. The molecule has 1 aliphatic rings. The molecule has 1 aromatic heterocycles. The van der Waals surface area contributed by atoms with Gasteiger partial charge in [-0.25, -0.2) is 4.79 Å². The Morgan fingerprint density at radius 2 is 1.93 bits per heavy atom. The average Bonchev–Trinajstić information content (AvgIpc) is 2.89. The van der Waals surface area contributed by atoms with Crippen molar-refractivity contribution in [1.82, 2.24) is 5.32 Å². The van der Waals surface area contributed by atoms with Gasteiger partial charge in [0.25, 0.3) is 11.8 Å². The summed E-state index contributed by atoms with van der Waals surface area (Å²) < 4.78 is 4.85. The highest BCUT2D eigenvalue weighted by molar-refractivity contribution is 7.17. The topological polar surface area (TPSA) is 105 Å². The fraction of sp³-hybridized carbons (Fsp3) is 0.650.